The third kappa shape index (κ3) is 5.17. The largest absolute Gasteiger partial charge is 0.481 e. The molecule has 1 aliphatic heterocycles. The number of nitrogens with one attached hydrogen (secondary N) is 1. The standard InChI is InChI=1S/C33H31ClFN5O6/c1-16-23(36-29(41)21-15-38(2)33(45)39(3)31(21)42)10-9-22(35)26(16)20-7-5-6-19(28(20)34)24-12-17-8-11-25(27(17)30(37-24)46-4)40-13-18(14-40)32(43)44/h5-7,9-10,12,15,18,25H,8,11,13-14H2,1-4H3,(H,36,41)(H,43,44)/t25-/m0/s1. The number of aliphatic carboxylic acids is 1. The number of likely N-dealkylation sites (tertiary alicyclic amines) is 1. The van der Waals surface area contributed by atoms with Gasteiger partial charge in [0.25, 0.3) is 11.5 Å². The summed E-state index contributed by atoms with van der Waals surface area (Å²) < 4.78 is 23.2. The average Bonchev–Trinajstić information content (AvgIpc) is 3.42. The smallest absolute Gasteiger partial charge is 0.330 e. The molecule has 3 heterocycles. The first-order valence-electron chi connectivity index (χ1n) is 14.6. The van der Waals surface area contributed by atoms with Gasteiger partial charge in [-0.1, -0.05) is 29.8 Å². The summed E-state index contributed by atoms with van der Waals surface area (Å²) in [6, 6.07) is 9.77. The van der Waals surface area contributed by atoms with Crippen LogP contribution in [0.15, 0.2) is 52.2 Å². The van der Waals surface area contributed by atoms with Crippen LogP contribution in [-0.4, -0.2) is 56.2 Å². The fourth-order valence-electron chi connectivity index (χ4n) is 6.39. The van der Waals surface area contributed by atoms with Crippen LogP contribution in [0.25, 0.3) is 22.4 Å². The van der Waals surface area contributed by atoms with Gasteiger partial charge < -0.3 is 19.7 Å². The summed E-state index contributed by atoms with van der Waals surface area (Å²) in [5, 5.41) is 12.2. The molecular weight excluding hydrogens is 617 g/mol. The second-order valence-electron chi connectivity index (χ2n) is 11.6. The quantitative estimate of drug-likeness (QED) is 0.305. The molecule has 2 aromatic carbocycles. The molecule has 1 amide bonds. The molecule has 1 atom stereocenters. The maximum atomic E-state index is 15.5. The van der Waals surface area contributed by atoms with Crippen LogP contribution < -0.4 is 21.3 Å². The second-order valence-corrected chi connectivity index (χ2v) is 12.0. The van der Waals surface area contributed by atoms with Gasteiger partial charge in [0.1, 0.15) is 11.4 Å². The van der Waals surface area contributed by atoms with E-state index in [0.717, 1.165) is 39.3 Å². The minimum Gasteiger partial charge on any atom is -0.481 e. The van der Waals surface area contributed by atoms with Crippen molar-refractivity contribution in [3.8, 4) is 28.3 Å². The Labute approximate surface area is 267 Å². The topological polar surface area (TPSA) is 136 Å². The summed E-state index contributed by atoms with van der Waals surface area (Å²) >= 11 is 6.97. The SMILES string of the molecule is COc1nc(-c2cccc(-c3c(F)ccc(NC(=O)c4cn(C)c(=O)n(C)c4=O)c3C)c2Cl)cc2c1[C@@H](N1CC(C(=O)O)C1)CC2. The summed E-state index contributed by atoms with van der Waals surface area (Å²) in [5.74, 6) is -2.04. The summed E-state index contributed by atoms with van der Waals surface area (Å²) in [4.78, 5) is 56.1. The molecule has 6 rings (SSSR count). The van der Waals surface area contributed by atoms with Crippen molar-refractivity contribution in [2.75, 3.05) is 25.5 Å². The Bertz CT molecular complexity index is 2050. The number of rotatable bonds is 7. The summed E-state index contributed by atoms with van der Waals surface area (Å²) in [5.41, 5.74) is 2.69. The molecule has 1 fully saturated rings. The summed E-state index contributed by atoms with van der Waals surface area (Å²) in [6.45, 7) is 2.59. The average molecular weight is 648 g/mol. The molecule has 1 saturated heterocycles. The zero-order valence-corrected chi connectivity index (χ0v) is 26.3. The molecule has 0 unspecified atom stereocenters. The number of ether oxygens (including phenoxy) is 1. The highest BCUT2D eigenvalue weighted by atomic mass is 35.5. The van der Waals surface area contributed by atoms with E-state index in [4.69, 9.17) is 21.3 Å². The summed E-state index contributed by atoms with van der Waals surface area (Å²) in [7, 11) is 4.25. The first kappa shape index (κ1) is 31.2. The van der Waals surface area contributed by atoms with E-state index in [2.05, 4.69) is 10.2 Å². The van der Waals surface area contributed by atoms with Gasteiger partial charge in [-0.2, -0.15) is 0 Å². The predicted octanol–water partition coefficient (Wildman–Crippen LogP) is 4.18. The van der Waals surface area contributed by atoms with Gasteiger partial charge in [-0.05, 0) is 49.1 Å². The lowest BCUT2D eigenvalue weighted by Crippen LogP contribution is -2.51. The van der Waals surface area contributed by atoms with Crippen molar-refractivity contribution in [2.24, 2.45) is 20.0 Å². The van der Waals surface area contributed by atoms with Crippen molar-refractivity contribution >= 4 is 29.2 Å². The van der Waals surface area contributed by atoms with E-state index in [1.54, 1.807) is 32.2 Å². The number of hydrogen-bond donors (Lipinski definition) is 2. The molecule has 0 spiro atoms. The fourth-order valence-corrected chi connectivity index (χ4v) is 6.70. The number of benzene rings is 2. The van der Waals surface area contributed by atoms with Crippen LogP contribution in [0.2, 0.25) is 5.02 Å². The molecule has 13 heteroatoms. The van der Waals surface area contributed by atoms with Gasteiger partial charge in [-0.25, -0.2) is 14.2 Å². The Morgan fingerprint density at radius 3 is 2.54 bits per heavy atom. The third-order valence-corrected chi connectivity index (χ3v) is 9.33. The maximum absolute atomic E-state index is 15.5. The number of aromatic nitrogens is 3. The number of fused-ring (bicyclic) bond motifs is 1. The number of hydrogen-bond acceptors (Lipinski definition) is 7. The van der Waals surface area contributed by atoms with Crippen LogP contribution in [0.4, 0.5) is 10.1 Å². The first-order valence-corrected chi connectivity index (χ1v) is 15.0. The Kier molecular flexibility index (Phi) is 8.03. The second kappa shape index (κ2) is 11.8. The highest BCUT2D eigenvalue weighted by Gasteiger charge is 2.41. The zero-order chi connectivity index (χ0) is 33.0. The number of halogens is 2. The number of nitrogens with zero attached hydrogens (tertiary/aromatic N) is 4. The van der Waals surface area contributed by atoms with Crippen LogP contribution in [0.5, 0.6) is 5.88 Å². The molecule has 2 aliphatic rings. The molecule has 2 N–H and O–H groups in total. The molecule has 238 valence electrons. The summed E-state index contributed by atoms with van der Waals surface area (Å²) in [6.07, 6.45) is 2.73. The normalized spacial score (nSPS) is 16.2. The molecule has 0 radical (unpaired) electrons. The van der Waals surface area contributed by atoms with Gasteiger partial charge in [0, 0.05) is 67.4 Å². The number of pyridine rings is 1. The lowest BCUT2D eigenvalue weighted by Gasteiger charge is -2.41. The predicted molar refractivity (Wildman–Crippen MR) is 170 cm³/mol. The number of carbonyl (C=O) groups is 2. The van der Waals surface area contributed by atoms with Crippen LogP contribution in [0, 0.1) is 18.7 Å². The van der Waals surface area contributed by atoms with E-state index in [-0.39, 0.29) is 33.8 Å². The third-order valence-electron chi connectivity index (χ3n) is 8.92. The van der Waals surface area contributed by atoms with Crippen molar-refractivity contribution in [1.29, 1.82) is 0 Å². The molecule has 4 aromatic rings. The van der Waals surface area contributed by atoms with Crippen molar-refractivity contribution in [3.63, 3.8) is 0 Å². The number of carboxylic acid groups (broad SMARTS) is 1. The number of anilines is 1. The van der Waals surface area contributed by atoms with E-state index in [1.807, 2.05) is 6.07 Å². The Morgan fingerprint density at radius 1 is 1.13 bits per heavy atom. The van der Waals surface area contributed by atoms with Gasteiger partial charge in [0.2, 0.25) is 5.88 Å². The highest BCUT2D eigenvalue weighted by molar-refractivity contribution is 6.36. The lowest BCUT2D eigenvalue weighted by molar-refractivity contribution is -0.148. The van der Waals surface area contributed by atoms with E-state index >= 15 is 4.39 Å². The van der Waals surface area contributed by atoms with Gasteiger partial charge in [0.15, 0.2) is 0 Å². The van der Waals surface area contributed by atoms with Gasteiger partial charge in [0.05, 0.1) is 23.7 Å². The molecule has 0 bridgehead atoms. The minimum absolute atomic E-state index is 0.0135. The van der Waals surface area contributed by atoms with Crippen LogP contribution in [0.3, 0.4) is 0 Å². The van der Waals surface area contributed by atoms with E-state index in [9.17, 15) is 24.3 Å². The first-order chi connectivity index (χ1) is 21.9. The molecule has 0 saturated carbocycles. The Morgan fingerprint density at radius 2 is 1.85 bits per heavy atom. The molecule has 11 nitrogen and oxygen atoms in total. The number of carboxylic acids is 1. The molecule has 1 aliphatic carbocycles. The van der Waals surface area contributed by atoms with Crippen molar-refractivity contribution in [1.82, 2.24) is 19.0 Å². The number of carbonyl (C=O) groups excluding carboxylic acids is 1. The van der Waals surface area contributed by atoms with E-state index in [0.29, 0.717) is 41.4 Å². The zero-order valence-electron chi connectivity index (χ0n) is 25.6. The number of amides is 1. The molecular formula is C33H31ClFN5O6. The van der Waals surface area contributed by atoms with Crippen molar-refractivity contribution < 1.29 is 23.8 Å². The van der Waals surface area contributed by atoms with Gasteiger partial charge in [-0.3, -0.25) is 23.9 Å². The maximum Gasteiger partial charge on any atom is 0.330 e. The van der Waals surface area contributed by atoms with Gasteiger partial charge in [-0.15, -0.1) is 0 Å². The highest BCUT2D eigenvalue weighted by Crippen LogP contribution is 2.46. The van der Waals surface area contributed by atoms with Crippen LogP contribution in [-0.2, 0) is 25.3 Å². The number of methoxy groups -OCH3 is 1. The van der Waals surface area contributed by atoms with Crippen LogP contribution >= 0.6 is 11.6 Å². The molecule has 46 heavy (non-hydrogen) atoms. The minimum atomic E-state index is -0.793. The fraction of sp³-hybridized carbons (Fsp3) is 0.303. The van der Waals surface area contributed by atoms with Crippen LogP contribution in [0.1, 0.15) is 39.5 Å². The lowest BCUT2D eigenvalue weighted by atomic mass is 9.94. The van der Waals surface area contributed by atoms with Crippen molar-refractivity contribution in [2.45, 2.75) is 25.8 Å². The Hall–Kier alpha value is -4.81. The van der Waals surface area contributed by atoms with E-state index in [1.165, 1.54) is 26.2 Å². The van der Waals surface area contributed by atoms with Gasteiger partial charge >= 0.3 is 11.7 Å². The Balaban J connectivity index is 1.35. The van der Waals surface area contributed by atoms with E-state index < -0.39 is 28.9 Å². The molecule has 2 aromatic heterocycles. The van der Waals surface area contributed by atoms with Crippen molar-refractivity contribution in [3.05, 3.63) is 96.5 Å². The monoisotopic (exact) mass is 647 g/mol. The number of aryl methyl sites for hydroxylation is 2.